The maximum atomic E-state index is 11.7. The first-order valence-electron chi connectivity index (χ1n) is 4.78. The summed E-state index contributed by atoms with van der Waals surface area (Å²) in [6.07, 6.45) is -0.622. The number of benzene rings is 1. The molecule has 0 radical (unpaired) electrons. The minimum atomic E-state index is -0.622. The molecule has 1 aliphatic rings. The van der Waals surface area contributed by atoms with Gasteiger partial charge in [0.1, 0.15) is 0 Å². The van der Waals surface area contributed by atoms with Gasteiger partial charge in [0.2, 0.25) is 5.91 Å². The van der Waals surface area contributed by atoms with Crippen molar-refractivity contribution in [2.45, 2.75) is 12.0 Å². The van der Waals surface area contributed by atoms with Gasteiger partial charge in [-0.25, -0.2) is 0 Å². The molecule has 3 nitrogen and oxygen atoms in total. The number of hydrogen-bond donors (Lipinski definition) is 1. The zero-order chi connectivity index (χ0) is 11.0. The molecule has 0 saturated carbocycles. The molecule has 1 fully saturated rings. The highest BCUT2D eigenvalue weighted by Crippen LogP contribution is 2.28. The van der Waals surface area contributed by atoms with Crippen LogP contribution >= 0.6 is 11.6 Å². The Morgan fingerprint density at radius 2 is 2.00 bits per heavy atom. The number of β-amino-alcohol motifs (C(OH)–C–C–N with tert-alkyl or cyclic N) is 1. The fourth-order valence-corrected chi connectivity index (χ4v) is 2.04. The number of hydrogen-bond acceptors (Lipinski definition) is 2. The van der Waals surface area contributed by atoms with Crippen LogP contribution in [-0.2, 0) is 4.79 Å². The Hall–Kier alpha value is -1.06. The van der Waals surface area contributed by atoms with Gasteiger partial charge in [-0.1, -0.05) is 23.7 Å². The first kappa shape index (κ1) is 10.5. The van der Waals surface area contributed by atoms with Gasteiger partial charge < -0.3 is 10.0 Å². The Morgan fingerprint density at radius 3 is 2.47 bits per heavy atom. The summed E-state index contributed by atoms with van der Waals surface area (Å²) in [4.78, 5) is 13.3. The zero-order valence-electron chi connectivity index (χ0n) is 8.35. The molecule has 1 aromatic rings. The number of amides is 1. The molecule has 0 aromatic heterocycles. The van der Waals surface area contributed by atoms with E-state index in [-0.39, 0.29) is 5.91 Å². The lowest BCUT2D eigenvalue weighted by molar-refractivity contribution is -0.128. The SMILES string of the molecule is CN1CC(O)C(c2ccc(Cl)cc2)C1=O. The number of carbonyl (C=O) groups excluding carboxylic acids is 1. The van der Waals surface area contributed by atoms with E-state index in [1.165, 1.54) is 0 Å². The smallest absolute Gasteiger partial charge is 0.232 e. The molecular formula is C11H12ClNO2. The second-order valence-corrected chi connectivity index (χ2v) is 4.25. The van der Waals surface area contributed by atoms with Crippen LogP contribution in [0.15, 0.2) is 24.3 Å². The highest BCUT2D eigenvalue weighted by molar-refractivity contribution is 6.30. The van der Waals surface area contributed by atoms with Crippen molar-refractivity contribution in [1.29, 1.82) is 0 Å². The van der Waals surface area contributed by atoms with Crippen molar-refractivity contribution in [3.63, 3.8) is 0 Å². The molecule has 80 valence electrons. The van der Waals surface area contributed by atoms with Gasteiger partial charge in [-0.2, -0.15) is 0 Å². The number of halogens is 1. The summed E-state index contributed by atoms with van der Waals surface area (Å²) in [7, 11) is 1.70. The van der Waals surface area contributed by atoms with Crippen molar-refractivity contribution >= 4 is 17.5 Å². The Morgan fingerprint density at radius 1 is 1.40 bits per heavy atom. The lowest BCUT2D eigenvalue weighted by Crippen LogP contribution is -2.21. The van der Waals surface area contributed by atoms with Gasteiger partial charge in [-0.05, 0) is 17.7 Å². The molecular weight excluding hydrogens is 214 g/mol. The number of aliphatic hydroxyl groups excluding tert-OH is 1. The lowest BCUT2D eigenvalue weighted by atomic mass is 9.96. The first-order valence-corrected chi connectivity index (χ1v) is 5.16. The van der Waals surface area contributed by atoms with Crippen LogP contribution < -0.4 is 0 Å². The molecule has 2 atom stereocenters. The minimum absolute atomic E-state index is 0.0372. The third kappa shape index (κ3) is 1.85. The standard InChI is InChI=1S/C11H12ClNO2/c1-13-6-9(14)10(11(13)15)7-2-4-8(12)5-3-7/h2-5,9-10,14H,6H2,1H3. The van der Waals surface area contributed by atoms with Crippen LogP contribution in [0, 0.1) is 0 Å². The quantitative estimate of drug-likeness (QED) is 0.782. The molecule has 1 saturated heterocycles. The number of rotatable bonds is 1. The summed E-state index contributed by atoms with van der Waals surface area (Å²) in [5.41, 5.74) is 0.821. The van der Waals surface area contributed by atoms with Crippen LogP contribution in [0.5, 0.6) is 0 Å². The number of likely N-dealkylation sites (N-methyl/N-ethyl adjacent to an activating group) is 1. The highest BCUT2D eigenvalue weighted by Gasteiger charge is 2.38. The molecule has 1 amide bonds. The van der Waals surface area contributed by atoms with Crippen molar-refractivity contribution in [1.82, 2.24) is 4.90 Å². The molecule has 0 spiro atoms. The molecule has 15 heavy (non-hydrogen) atoms. The van der Waals surface area contributed by atoms with Crippen LogP contribution in [-0.4, -0.2) is 35.6 Å². The summed E-state index contributed by atoms with van der Waals surface area (Å²) in [5, 5.41) is 10.4. The Labute approximate surface area is 93.3 Å². The van der Waals surface area contributed by atoms with Crippen molar-refractivity contribution < 1.29 is 9.90 Å². The maximum Gasteiger partial charge on any atom is 0.232 e. The Kier molecular flexibility index (Phi) is 2.67. The fourth-order valence-electron chi connectivity index (χ4n) is 1.91. The van der Waals surface area contributed by atoms with Crippen molar-refractivity contribution in [3.05, 3.63) is 34.9 Å². The van der Waals surface area contributed by atoms with Crippen molar-refractivity contribution in [2.75, 3.05) is 13.6 Å². The van der Waals surface area contributed by atoms with E-state index in [9.17, 15) is 9.90 Å². The van der Waals surface area contributed by atoms with Crippen LogP contribution in [0.3, 0.4) is 0 Å². The van der Waals surface area contributed by atoms with Gasteiger partial charge >= 0.3 is 0 Å². The lowest BCUT2D eigenvalue weighted by Gasteiger charge is -2.11. The number of carbonyl (C=O) groups is 1. The van der Waals surface area contributed by atoms with Crippen LogP contribution in [0.25, 0.3) is 0 Å². The van der Waals surface area contributed by atoms with Gasteiger partial charge in [0.25, 0.3) is 0 Å². The second-order valence-electron chi connectivity index (χ2n) is 3.82. The van der Waals surface area contributed by atoms with E-state index in [2.05, 4.69) is 0 Å². The minimum Gasteiger partial charge on any atom is -0.390 e. The summed E-state index contributed by atoms with van der Waals surface area (Å²) in [6.45, 7) is 0.395. The molecule has 4 heteroatoms. The highest BCUT2D eigenvalue weighted by atomic mass is 35.5. The average Bonchev–Trinajstić information content (AvgIpc) is 2.44. The molecule has 1 heterocycles. The van der Waals surface area contributed by atoms with Gasteiger partial charge in [-0.15, -0.1) is 0 Å². The Bertz CT molecular complexity index is 377. The first-order chi connectivity index (χ1) is 7.09. The molecule has 0 aliphatic carbocycles. The van der Waals surface area contributed by atoms with Gasteiger partial charge in [0.15, 0.2) is 0 Å². The van der Waals surface area contributed by atoms with Gasteiger partial charge in [0, 0.05) is 18.6 Å². The molecule has 0 bridgehead atoms. The number of nitrogens with zero attached hydrogens (tertiary/aromatic N) is 1. The van der Waals surface area contributed by atoms with Crippen molar-refractivity contribution in [3.8, 4) is 0 Å². The van der Waals surface area contributed by atoms with E-state index < -0.39 is 12.0 Å². The molecule has 1 N–H and O–H groups in total. The Balaban J connectivity index is 2.31. The summed E-state index contributed by atoms with van der Waals surface area (Å²) in [6, 6.07) is 7.03. The number of aliphatic hydroxyl groups is 1. The maximum absolute atomic E-state index is 11.7. The largest absolute Gasteiger partial charge is 0.390 e. The predicted octanol–water partition coefficient (Wildman–Crippen LogP) is 1.26. The van der Waals surface area contributed by atoms with E-state index in [0.717, 1.165) is 5.56 Å². The number of likely N-dealkylation sites (tertiary alicyclic amines) is 1. The van der Waals surface area contributed by atoms with Crippen LogP contribution in [0.4, 0.5) is 0 Å². The fraction of sp³-hybridized carbons (Fsp3) is 0.364. The predicted molar refractivity (Wildman–Crippen MR) is 57.8 cm³/mol. The monoisotopic (exact) mass is 225 g/mol. The summed E-state index contributed by atoms with van der Waals surface area (Å²) >= 11 is 5.76. The van der Waals surface area contributed by atoms with E-state index in [4.69, 9.17) is 11.6 Å². The van der Waals surface area contributed by atoms with Gasteiger partial charge in [0.05, 0.1) is 12.0 Å². The summed E-state index contributed by atoms with van der Waals surface area (Å²) < 4.78 is 0. The molecule has 2 rings (SSSR count). The normalized spacial score (nSPS) is 26.1. The van der Waals surface area contributed by atoms with E-state index in [1.807, 2.05) is 0 Å². The molecule has 1 aliphatic heterocycles. The topological polar surface area (TPSA) is 40.5 Å². The second kappa shape index (κ2) is 3.83. The third-order valence-electron chi connectivity index (χ3n) is 2.72. The molecule has 2 unspecified atom stereocenters. The van der Waals surface area contributed by atoms with E-state index in [1.54, 1.807) is 36.2 Å². The third-order valence-corrected chi connectivity index (χ3v) is 2.97. The van der Waals surface area contributed by atoms with Crippen molar-refractivity contribution in [2.24, 2.45) is 0 Å². The van der Waals surface area contributed by atoms with Crippen LogP contribution in [0.1, 0.15) is 11.5 Å². The molecule has 1 aromatic carbocycles. The van der Waals surface area contributed by atoms with E-state index >= 15 is 0 Å². The summed E-state index contributed by atoms with van der Waals surface area (Å²) in [5.74, 6) is -0.475. The average molecular weight is 226 g/mol. The van der Waals surface area contributed by atoms with Crippen LogP contribution in [0.2, 0.25) is 5.02 Å². The van der Waals surface area contributed by atoms with Gasteiger partial charge in [-0.3, -0.25) is 4.79 Å². The van der Waals surface area contributed by atoms with E-state index in [0.29, 0.717) is 11.6 Å². The zero-order valence-corrected chi connectivity index (χ0v) is 9.11.